The van der Waals surface area contributed by atoms with Gasteiger partial charge in [0.2, 0.25) is 0 Å². The van der Waals surface area contributed by atoms with Gasteiger partial charge >= 0.3 is 5.97 Å². The first-order chi connectivity index (χ1) is 13.8. The molecule has 4 nitrogen and oxygen atoms in total. The van der Waals surface area contributed by atoms with Crippen molar-refractivity contribution in [1.82, 2.24) is 0 Å². The maximum absolute atomic E-state index is 11.7. The molecule has 2 aromatic rings. The van der Waals surface area contributed by atoms with E-state index in [1.54, 1.807) is 0 Å². The molecule has 4 heteroatoms. The fourth-order valence-electron chi connectivity index (χ4n) is 3.34. The van der Waals surface area contributed by atoms with Gasteiger partial charge in [0.1, 0.15) is 17.4 Å². The van der Waals surface area contributed by atoms with Crippen LogP contribution in [0.15, 0.2) is 54.6 Å². The van der Waals surface area contributed by atoms with Crippen molar-refractivity contribution in [2.75, 3.05) is 5.32 Å². The lowest BCUT2D eigenvalue weighted by molar-refractivity contribution is -0.137. The SMILES string of the molecule is CCC(C)(CCCC(C)C)Oc1ccc(N[C@@H](Cc2ccccc2)C(=O)O)cc1. The van der Waals surface area contributed by atoms with Crippen molar-refractivity contribution in [3.8, 4) is 5.75 Å². The molecule has 0 aromatic heterocycles. The number of carboxylic acids is 1. The van der Waals surface area contributed by atoms with E-state index in [1.807, 2.05) is 54.6 Å². The van der Waals surface area contributed by atoms with Gasteiger partial charge in [-0.1, -0.05) is 57.5 Å². The van der Waals surface area contributed by atoms with Crippen LogP contribution in [0.1, 0.15) is 58.9 Å². The molecule has 0 spiro atoms. The molecule has 0 heterocycles. The van der Waals surface area contributed by atoms with E-state index in [2.05, 4.69) is 33.0 Å². The van der Waals surface area contributed by atoms with Crippen LogP contribution in [0.3, 0.4) is 0 Å². The summed E-state index contributed by atoms with van der Waals surface area (Å²) in [5.41, 5.74) is 1.59. The van der Waals surface area contributed by atoms with E-state index in [-0.39, 0.29) is 5.60 Å². The summed E-state index contributed by atoms with van der Waals surface area (Å²) in [5.74, 6) is 0.664. The van der Waals surface area contributed by atoms with Crippen LogP contribution < -0.4 is 10.1 Å². The van der Waals surface area contributed by atoms with Crippen molar-refractivity contribution in [2.24, 2.45) is 5.92 Å². The van der Waals surface area contributed by atoms with Gasteiger partial charge in [0.15, 0.2) is 0 Å². The number of ether oxygens (including phenoxy) is 1. The molecule has 158 valence electrons. The molecule has 0 saturated heterocycles. The summed E-state index contributed by atoms with van der Waals surface area (Å²) in [7, 11) is 0. The molecule has 0 aliphatic rings. The fraction of sp³-hybridized carbons (Fsp3) is 0.480. The largest absolute Gasteiger partial charge is 0.488 e. The second-order valence-corrected chi connectivity index (χ2v) is 8.44. The maximum Gasteiger partial charge on any atom is 0.326 e. The van der Waals surface area contributed by atoms with Gasteiger partial charge in [0.05, 0.1) is 0 Å². The summed E-state index contributed by atoms with van der Waals surface area (Å²) in [6, 6.07) is 16.6. The minimum absolute atomic E-state index is 0.180. The molecule has 0 fully saturated rings. The van der Waals surface area contributed by atoms with Crippen LogP contribution in [0, 0.1) is 5.92 Å². The first-order valence-electron chi connectivity index (χ1n) is 10.6. The van der Waals surface area contributed by atoms with Gasteiger partial charge in [0, 0.05) is 12.1 Å². The van der Waals surface area contributed by atoms with Crippen LogP contribution in [0.2, 0.25) is 0 Å². The third kappa shape index (κ3) is 7.80. The van der Waals surface area contributed by atoms with Gasteiger partial charge in [0.25, 0.3) is 0 Å². The smallest absolute Gasteiger partial charge is 0.326 e. The first-order valence-corrected chi connectivity index (χ1v) is 10.6. The Balaban J connectivity index is 1.98. The summed E-state index contributed by atoms with van der Waals surface area (Å²) in [6.07, 6.45) is 4.77. The Hall–Kier alpha value is -2.49. The van der Waals surface area contributed by atoms with Crippen molar-refractivity contribution in [3.63, 3.8) is 0 Å². The zero-order valence-electron chi connectivity index (χ0n) is 18.2. The van der Waals surface area contributed by atoms with Gasteiger partial charge in [-0.25, -0.2) is 4.79 Å². The van der Waals surface area contributed by atoms with Crippen molar-refractivity contribution in [2.45, 2.75) is 71.4 Å². The van der Waals surface area contributed by atoms with Crippen LogP contribution in [0.25, 0.3) is 0 Å². The van der Waals surface area contributed by atoms with Crippen LogP contribution in [0.5, 0.6) is 5.75 Å². The molecule has 0 aliphatic carbocycles. The first kappa shape index (κ1) is 22.8. The van der Waals surface area contributed by atoms with Crippen molar-refractivity contribution in [1.29, 1.82) is 0 Å². The molecule has 0 radical (unpaired) electrons. The van der Waals surface area contributed by atoms with E-state index in [9.17, 15) is 9.90 Å². The lowest BCUT2D eigenvalue weighted by Crippen LogP contribution is -2.32. The number of rotatable bonds is 12. The van der Waals surface area contributed by atoms with Crippen LogP contribution in [-0.4, -0.2) is 22.7 Å². The average Bonchev–Trinajstić information content (AvgIpc) is 2.69. The van der Waals surface area contributed by atoms with E-state index in [4.69, 9.17) is 4.74 Å². The zero-order chi connectivity index (χ0) is 21.3. The molecule has 1 unspecified atom stereocenters. The van der Waals surface area contributed by atoms with Crippen molar-refractivity contribution >= 4 is 11.7 Å². The Labute approximate surface area is 175 Å². The number of hydrogen-bond donors (Lipinski definition) is 2. The Morgan fingerprint density at radius 3 is 2.31 bits per heavy atom. The topological polar surface area (TPSA) is 58.6 Å². The molecule has 0 bridgehead atoms. The van der Waals surface area contributed by atoms with E-state index in [0.717, 1.165) is 36.3 Å². The molecule has 0 saturated carbocycles. The summed E-state index contributed by atoms with van der Waals surface area (Å²) in [4.78, 5) is 11.7. The van der Waals surface area contributed by atoms with Gasteiger partial charge in [-0.3, -0.25) is 0 Å². The van der Waals surface area contributed by atoms with E-state index < -0.39 is 12.0 Å². The highest BCUT2D eigenvalue weighted by Gasteiger charge is 2.24. The highest BCUT2D eigenvalue weighted by atomic mass is 16.5. The summed E-state index contributed by atoms with van der Waals surface area (Å²) in [6.45, 7) is 8.82. The van der Waals surface area contributed by atoms with Crippen molar-refractivity contribution in [3.05, 3.63) is 60.2 Å². The zero-order valence-corrected chi connectivity index (χ0v) is 18.2. The average molecular weight is 398 g/mol. The molecular weight excluding hydrogens is 362 g/mol. The minimum Gasteiger partial charge on any atom is -0.488 e. The Morgan fingerprint density at radius 2 is 1.76 bits per heavy atom. The van der Waals surface area contributed by atoms with Gasteiger partial charge in [-0.2, -0.15) is 0 Å². The second-order valence-electron chi connectivity index (χ2n) is 8.44. The predicted molar refractivity (Wildman–Crippen MR) is 120 cm³/mol. The molecule has 29 heavy (non-hydrogen) atoms. The summed E-state index contributed by atoms with van der Waals surface area (Å²) < 4.78 is 6.29. The fourth-order valence-corrected chi connectivity index (χ4v) is 3.34. The monoisotopic (exact) mass is 397 g/mol. The van der Waals surface area contributed by atoms with Crippen LogP contribution in [0.4, 0.5) is 5.69 Å². The Morgan fingerprint density at radius 1 is 1.10 bits per heavy atom. The van der Waals surface area contributed by atoms with Gasteiger partial charge in [-0.05, 0) is 61.9 Å². The minimum atomic E-state index is -0.863. The third-order valence-electron chi connectivity index (χ3n) is 5.38. The Bertz CT molecular complexity index is 742. The molecule has 2 aromatic carbocycles. The number of aliphatic carboxylic acids is 1. The molecular formula is C25H35NO3. The number of carboxylic acid groups (broad SMARTS) is 1. The second kappa shape index (κ2) is 10.9. The molecule has 2 rings (SSSR count). The lowest BCUT2D eigenvalue weighted by atomic mass is 9.93. The number of hydrogen-bond acceptors (Lipinski definition) is 3. The standard InChI is InChI=1S/C25H35NO3/c1-5-25(4,17-9-10-19(2)3)29-22-15-13-21(14-16-22)26-23(24(27)28)18-20-11-7-6-8-12-20/h6-8,11-16,19,23,26H,5,9-10,17-18H2,1-4H3,(H,27,28)/t23-,25?/m0/s1. The number of carbonyl (C=O) groups is 1. The normalized spacial score (nSPS) is 14.2. The number of anilines is 1. The molecule has 0 amide bonds. The van der Waals surface area contributed by atoms with E-state index in [0.29, 0.717) is 12.3 Å². The van der Waals surface area contributed by atoms with Crippen LogP contribution in [-0.2, 0) is 11.2 Å². The summed E-state index contributed by atoms with van der Waals surface area (Å²) >= 11 is 0. The third-order valence-corrected chi connectivity index (χ3v) is 5.38. The van der Waals surface area contributed by atoms with Gasteiger partial charge < -0.3 is 15.2 Å². The lowest BCUT2D eigenvalue weighted by Gasteiger charge is -2.30. The Kier molecular flexibility index (Phi) is 8.56. The molecule has 0 aliphatic heterocycles. The number of nitrogens with one attached hydrogen (secondary N) is 1. The predicted octanol–water partition coefficient (Wildman–Crippen LogP) is 6.17. The highest BCUT2D eigenvalue weighted by molar-refractivity contribution is 5.77. The quantitative estimate of drug-likeness (QED) is 0.450. The number of benzene rings is 2. The van der Waals surface area contributed by atoms with Crippen molar-refractivity contribution < 1.29 is 14.6 Å². The summed E-state index contributed by atoms with van der Waals surface area (Å²) in [5, 5.41) is 12.7. The highest BCUT2D eigenvalue weighted by Crippen LogP contribution is 2.28. The maximum atomic E-state index is 11.7. The van der Waals surface area contributed by atoms with Gasteiger partial charge in [-0.15, -0.1) is 0 Å². The van der Waals surface area contributed by atoms with E-state index >= 15 is 0 Å². The molecule has 2 atom stereocenters. The van der Waals surface area contributed by atoms with Crippen LogP contribution >= 0.6 is 0 Å². The molecule has 2 N–H and O–H groups in total. The van der Waals surface area contributed by atoms with E-state index in [1.165, 1.54) is 6.42 Å².